The summed E-state index contributed by atoms with van der Waals surface area (Å²) in [5.74, 6) is -8.81. The molecule has 16 nitrogen and oxygen atoms in total. The van der Waals surface area contributed by atoms with E-state index in [0.29, 0.717) is 69.8 Å². The first-order valence-electron chi connectivity index (χ1n) is 25.9. The molecule has 0 aromatic rings. The molecule has 1 aliphatic carbocycles. The van der Waals surface area contributed by atoms with E-state index in [1.807, 2.05) is 51.2 Å². The highest BCUT2D eigenvalue weighted by Gasteiger charge is 2.57. The zero-order chi connectivity index (χ0) is 52.5. The van der Waals surface area contributed by atoms with Crippen LogP contribution in [0.3, 0.4) is 0 Å². The van der Waals surface area contributed by atoms with E-state index in [1.165, 1.54) is 18.7 Å². The summed E-state index contributed by atoms with van der Waals surface area (Å²) in [7, 11) is 1.12. The molecule has 4 heterocycles. The molecular weight excluding hydrogens is 934 g/mol. The number of esters is 1. The van der Waals surface area contributed by atoms with Gasteiger partial charge in [-0.3, -0.25) is 23.7 Å². The van der Waals surface area contributed by atoms with E-state index in [-0.39, 0.29) is 42.5 Å². The van der Waals surface area contributed by atoms with Gasteiger partial charge in [0.15, 0.2) is 5.78 Å². The summed E-state index contributed by atoms with van der Waals surface area (Å²) in [5, 5.41) is 23.6. The van der Waals surface area contributed by atoms with Crippen LogP contribution < -0.4 is 0 Å². The van der Waals surface area contributed by atoms with Gasteiger partial charge in [0, 0.05) is 71.1 Å². The van der Waals surface area contributed by atoms with Gasteiger partial charge in [0.1, 0.15) is 30.1 Å². The molecule has 400 valence electrons. The van der Waals surface area contributed by atoms with Gasteiger partial charge >= 0.3 is 13.6 Å². The number of aliphatic hydroxyl groups excluding tert-OH is 1. The average Bonchev–Trinajstić information content (AvgIpc) is 3.31. The molecule has 4 fully saturated rings. The Balaban J connectivity index is 1.51. The highest BCUT2D eigenvalue weighted by molar-refractivity contribution is 7.53. The van der Waals surface area contributed by atoms with Crippen molar-refractivity contribution in [2.24, 2.45) is 41.4 Å². The van der Waals surface area contributed by atoms with Crippen LogP contribution in [0.2, 0.25) is 0 Å². The number of amides is 1. The van der Waals surface area contributed by atoms with Crippen LogP contribution in [0.25, 0.3) is 0 Å². The van der Waals surface area contributed by atoms with E-state index in [1.54, 1.807) is 54.9 Å². The lowest BCUT2D eigenvalue weighted by Gasteiger charge is -2.50. The molecular formula is C54H84NO15P. The number of hydrogen-bond donors (Lipinski definition) is 2. The molecule has 1 amide bonds. The summed E-state index contributed by atoms with van der Waals surface area (Å²) in [6.07, 6.45) is 10.1. The van der Waals surface area contributed by atoms with Crippen LogP contribution in [0.15, 0.2) is 47.6 Å². The topological polar surface area (TPSA) is 211 Å². The highest BCUT2D eigenvalue weighted by atomic mass is 31.2. The number of methoxy groups -OCH3 is 3. The van der Waals surface area contributed by atoms with E-state index in [9.17, 15) is 38.8 Å². The molecule has 4 bridgehead atoms. The highest BCUT2D eigenvalue weighted by Crippen LogP contribution is 2.51. The summed E-state index contributed by atoms with van der Waals surface area (Å²) < 4.78 is 54.8. The molecule has 2 N–H and O–H groups in total. The number of fused-ring (bicyclic) bond motifs is 4. The normalized spacial score (nSPS) is 41.1. The van der Waals surface area contributed by atoms with Gasteiger partial charge in [-0.05, 0) is 114 Å². The van der Waals surface area contributed by atoms with E-state index >= 15 is 0 Å². The number of rotatable bonds is 9. The molecule has 17 heteroatoms. The van der Waals surface area contributed by atoms with Crippen molar-refractivity contribution in [2.75, 3.05) is 34.5 Å². The minimum Gasteiger partial charge on any atom is -0.460 e. The largest absolute Gasteiger partial charge is 0.460 e. The third-order valence-electron chi connectivity index (χ3n) is 15.6. The minimum absolute atomic E-state index is 0.00957. The van der Waals surface area contributed by atoms with E-state index in [0.717, 1.165) is 5.57 Å². The average molecular weight is 1020 g/mol. The Labute approximate surface area is 422 Å². The predicted molar refractivity (Wildman–Crippen MR) is 267 cm³/mol. The van der Waals surface area contributed by atoms with Gasteiger partial charge in [0.2, 0.25) is 5.79 Å². The number of aliphatic hydroxyl groups is 2. The molecule has 0 radical (unpaired) electrons. The van der Waals surface area contributed by atoms with E-state index < -0.39 is 109 Å². The van der Waals surface area contributed by atoms with Crippen LogP contribution in [0.5, 0.6) is 0 Å². The summed E-state index contributed by atoms with van der Waals surface area (Å²) in [4.78, 5) is 72.8. The number of carbonyl (C=O) groups is 5. The van der Waals surface area contributed by atoms with Gasteiger partial charge in [-0.1, -0.05) is 64.2 Å². The number of hydrogen-bond acceptors (Lipinski definition) is 15. The van der Waals surface area contributed by atoms with Crippen LogP contribution in [0, 0.1) is 41.4 Å². The van der Waals surface area contributed by atoms with Crippen LogP contribution in [0.1, 0.15) is 126 Å². The number of ether oxygens (including phenoxy) is 5. The zero-order valence-electron chi connectivity index (χ0n) is 44.3. The standard InChI is InChI=1S/C54H84NO15P/c1-31(2)69-71(12,63)70-43-23-21-38(28-46(43)65-10)27-41-40-19-16-24-55-47(40)53(61)67-45(41)30-42(56)34(5)26-36(7)49(58)50(66-11)48(57)35(6)25-32(3)17-14-13-15-18-33(4)44(64-9)29-39-22-20-37(8)54(62,68-39)51(59)52(55)60/h13-15,17-18,26,31-32,34-35,37-41,43-47,49-50,58,62H,16,19-25,27-30H2,1-12H3/b15-13+,17-14+,33-18+,36-26+/t32-,34-,35?,37?,38?,39+,40?,41+,43-,44+,45+,46?,47?,49?,50+,54?,71?/m1/s1. The molecule has 5 aliphatic rings. The van der Waals surface area contributed by atoms with Gasteiger partial charge in [-0.25, -0.2) is 4.79 Å². The molecule has 71 heavy (non-hydrogen) atoms. The lowest BCUT2D eigenvalue weighted by Crippen LogP contribution is -2.65. The van der Waals surface area contributed by atoms with Crippen LogP contribution in [-0.2, 0) is 61.3 Å². The maximum absolute atomic E-state index is 14.6. The van der Waals surface area contributed by atoms with E-state index in [2.05, 4.69) is 0 Å². The van der Waals surface area contributed by atoms with Crippen LogP contribution >= 0.6 is 7.60 Å². The van der Waals surface area contributed by atoms with Gasteiger partial charge in [0.05, 0.1) is 30.5 Å². The molecule has 17 atom stereocenters. The molecule has 5 rings (SSSR count). The van der Waals surface area contributed by atoms with Crippen molar-refractivity contribution in [3.63, 3.8) is 0 Å². The quantitative estimate of drug-likeness (QED) is 0.0982. The number of piperidine rings is 1. The van der Waals surface area contributed by atoms with Crippen molar-refractivity contribution >= 4 is 36.8 Å². The molecule has 4 aliphatic heterocycles. The zero-order valence-corrected chi connectivity index (χ0v) is 45.2. The SMILES string of the molecule is COC1CC(C[C@H]2C3CCCN4C(=O)C(=O)C5(O)O[C@@H](CCC5C)C[C@H](OC)/C(C)=C/C=C/C=C/[C@@H](C)CC(C)C(=O)[C@H](OC)C(O)/C(C)=C/[C@@H](C)C(=O)C[C@@H]2OC(=O)C34)CC[C@H]1OP(C)(=O)OC(C)C. The number of Topliss-reactive ketones (excluding diaryl/α,β-unsaturated/α-hetero) is 3. The molecule has 1 saturated carbocycles. The summed E-state index contributed by atoms with van der Waals surface area (Å²) in [5.41, 5.74) is 1.25. The second-order valence-corrected chi connectivity index (χ2v) is 23.5. The van der Waals surface area contributed by atoms with Gasteiger partial charge in [0.25, 0.3) is 11.7 Å². The number of carbonyl (C=O) groups excluding carboxylic acids is 5. The van der Waals surface area contributed by atoms with Crippen LogP contribution in [-0.4, -0.2) is 140 Å². The van der Waals surface area contributed by atoms with Gasteiger partial charge < -0.3 is 47.8 Å². The summed E-state index contributed by atoms with van der Waals surface area (Å²) in [6.45, 7) is 15.8. The first kappa shape index (κ1) is 58.7. The third-order valence-corrected chi connectivity index (χ3v) is 17.1. The monoisotopic (exact) mass is 1020 g/mol. The number of ketones is 3. The fourth-order valence-corrected chi connectivity index (χ4v) is 13.2. The predicted octanol–water partition coefficient (Wildman–Crippen LogP) is 7.67. The second kappa shape index (κ2) is 25.9. The van der Waals surface area contributed by atoms with Gasteiger partial charge in [-0.15, -0.1) is 0 Å². The summed E-state index contributed by atoms with van der Waals surface area (Å²) >= 11 is 0. The third kappa shape index (κ3) is 14.8. The van der Waals surface area contributed by atoms with Crippen molar-refractivity contribution < 1.29 is 71.5 Å². The van der Waals surface area contributed by atoms with Crippen molar-refractivity contribution in [1.29, 1.82) is 0 Å². The number of allylic oxidation sites excluding steroid dienone is 6. The summed E-state index contributed by atoms with van der Waals surface area (Å²) in [6, 6.07) is -1.17. The Morgan fingerprint density at radius 1 is 0.873 bits per heavy atom. The second-order valence-electron chi connectivity index (χ2n) is 21.5. The maximum atomic E-state index is 14.6. The van der Waals surface area contributed by atoms with Crippen molar-refractivity contribution in [3.05, 3.63) is 47.6 Å². The molecule has 0 aromatic heterocycles. The molecule has 3 saturated heterocycles. The Morgan fingerprint density at radius 3 is 2.25 bits per heavy atom. The number of nitrogens with zero attached hydrogens (tertiary/aromatic N) is 1. The Bertz CT molecular complexity index is 2050. The van der Waals surface area contributed by atoms with Crippen molar-refractivity contribution in [2.45, 2.75) is 187 Å². The van der Waals surface area contributed by atoms with E-state index in [4.69, 9.17) is 32.7 Å². The van der Waals surface area contributed by atoms with Crippen LogP contribution in [0.4, 0.5) is 0 Å². The first-order chi connectivity index (χ1) is 33.4. The lowest BCUT2D eigenvalue weighted by molar-refractivity contribution is -0.266. The molecule has 9 unspecified atom stereocenters. The molecule has 0 spiro atoms. The first-order valence-corrected chi connectivity index (χ1v) is 27.9. The fourth-order valence-electron chi connectivity index (χ4n) is 11.7. The molecule has 0 aromatic carbocycles. The Kier molecular flexibility index (Phi) is 21.4. The van der Waals surface area contributed by atoms with Crippen molar-refractivity contribution in [1.82, 2.24) is 4.90 Å². The fraction of sp³-hybridized carbons (Fsp3) is 0.759. The van der Waals surface area contributed by atoms with Gasteiger partial charge in [-0.2, -0.15) is 0 Å². The van der Waals surface area contributed by atoms with Crippen molar-refractivity contribution in [3.8, 4) is 0 Å². The minimum atomic E-state index is -3.41. The maximum Gasteiger partial charge on any atom is 0.329 e. The Morgan fingerprint density at radius 2 is 1.59 bits per heavy atom. The smallest absolute Gasteiger partial charge is 0.329 e. The lowest BCUT2D eigenvalue weighted by atomic mass is 9.68. The Hall–Kier alpha value is -3.18.